The molecule has 2 aromatic heterocycles. The lowest BCUT2D eigenvalue weighted by atomic mass is 10.0. The SMILES string of the molecule is N#CC(C(=O)Nc1ccccn1)C(=O)c1cnc(-c2ccccc2)s1. The third-order valence-electron chi connectivity index (χ3n) is 3.34. The van der Waals surface area contributed by atoms with Crippen molar-refractivity contribution in [2.24, 2.45) is 5.92 Å². The first-order valence-corrected chi connectivity index (χ1v) is 8.17. The van der Waals surface area contributed by atoms with Gasteiger partial charge in [-0.1, -0.05) is 36.4 Å². The summed E-state index contributed by atoms with van der Waals surface area (Å²) in [4.78, 5) is 33.2. The minimum absolute atomic E-state index is 0.265. The summed E-state index contributed by atoms with van der Waals surface area (Å²) in [6, 6.07) is 16.1. The Labute approximate surface area is 147 Å². The molecule has 25 heavy (non-hydrogen) atoms. The topological polar surface area (TPSA) is 95.7 Å². The predicted molar refractivity (Wildman–Crippen MR) is 93.9 cm³/mol. The first kappa shape index (κ1) is 16.5. The summed E-state index contributed by atoms with van der Waals surface area (Å²) >= 11 is 1.15. The van der Waals surface area contributed by atoms with Crippen molar-refractivity contribution in [3.63, 3.8) is 0 Å². The first-order valence-electron chi connectivity index (χ1n) is 7.36. The molecule has 7 heteroatoms. The average Bonchev–Trinajstić information content (AvgIpc) is 3.14. The minimum Gasteiger partial charge on any atom is -0.309 e. The summed E-state index contributed by atoms with van der Waals surface area (Å²) < 4.78 is 0. The number of benzene rings is 1. The Hall–Kier alpha value is -3.37. The van der Waals surface area contributed by atoms with Crippen molar-refractivity contribution in [3.05, 3.63) is 65.8 Å². The van der Waals surface area contributed by atoms with Crippen molar-refractivity contribution in [2.75, 3.05) is 5.32 Å². The van der Waals surface area contributed by atoms with Crippen LogP contribution < -0.4 is 5.32 Å². The molecule has 1 atom stereocenters. The quantitative estimate of drug-likeness (QED) is 0.564. The Bertz CT molecular complexity index is 932. The van der Waals surface area contributed by atoms with Gasteiger partial charge < -0.3 is 5.32 Å². The molecule has 3 rings (SSSR count). The van der Waals surface area contributed by atoms with E-state index in [0.29, 0.717) is 5.01 Å². The monoisotopic (exact) mass is 348 g/mol. The Morgan fingerprint density at radius 3 is 2.52 bits per heavy atom. The van der Waals surface area contributed by atoms with Gasteiger partial charge in [0.15, 0.2) is 5.92 Å². The number of carbonyl (C=O) groups is 2. The largest absolute Gasteiger partial charge is 0.309 e. The van der Waals surface area contributed by atoms with Gasteiger partial charge in [0, 0.05) is 18.0 Å². The van der Waals surface area contributed by atoms with E-state index in [1.807, 2.05) is 30.3 Å². The van der Waals surface area contributed by atoms with E-state index in [0.717, 1.165) is 16.9 Å². The van der Waals surface area contributed by atoms with E-state index in [4.69, 9.17) is 0 Å². The van der Waals surface area contributed by atoms with E-state index in [-0.39, 0.29) is 10.7 Å². The van der Waals surface area contributed by atoms with Crippen molar-refractivity contribution in [2.45, 2.75) is 0 Å². The van der Waals surface area contributed by atoms with Gasteiger partial charge in [-0.3, -0.25) is 9.59 Å². The number of nitrogens with zero attached hydrogens (tertiary/aromatic N) is 3. The maximum absolute atomic E-state index is 12.5. The number of hydrogen-bond donors (Lipinski definition) is 1. The molecule has 0 aliphatic rings. The second kappa shape index (κ2) is 7.47. The summed E-state index contributed by atoms with van der Waals surface area (Å²) in [6.07, 6.45) is 2.90. The molecule has 0 radical (unpaired) electrons. The van der Waals surface area contributed by atoms with E-state index in [9.17, 15) is 14.9 Å². The molecule has 0 saturated heterocycles. The highest BCUT2D eigenvalue weighted by Gasteiger charge is 2.29. The van der Waals surface area contributed by atoms with Crippen LogP contribution in [-0.4, -0.2) is 21.7 Å². The fourth-order valence-corrected chi connectivity index (χ4v) is 3.01. The van der Waals surface area contributed by atoms with E-state index >= 15 is 0 Å². The Kier molecular flexibility index (Phi) is 4.92. The Morgan fingerprint density at radius 2 is 1.84 bits per heavy atom. The molecule has 1 N–H and O–H groups in total. The van der Waals surface area contributed by atoms with Crippen LogP contribution in [0.25, 0.3) is 10.6 Å². The summed E-state index contributed by atoms with van der Waals surface area (Å²) in [7, 11) is 0. The molecule has 0 saturated carbocycles. The molecular weight excluding hydrogens is 336 g/mol. The molecule has 6 nitrogen and oxygen atoms in total. The van der Waals surface area contributed by atoms with Crippen LogP contribution >= 0.6 is 11.3 Å². The van der Waals surface area contributed by atoms with Crippen molar-refractivity contribution in [1.29, 1.82) is 5.26 Å². The highest BCUT2D eigenvalue weighted by Crippen LogP contribution is 2.26. The summed E-state index contributed by atoms with van der Waals surface area (Å²) in [5.41, 5.74) is 0.873. The number of carbonyl (C=O) groups excluding carboxylic acids is 2. The second-order valence-corrected chi connectivity index (χ2v) is 6.06. The molecule has 1 unspecified atom stereocenters. The van der Waals surface area contributed by atoms with Gasteiger partial charge >= 0.3 is 0 Å². The molecule has 1 amide bonds. The summed E-state index contributed by atoms with van der Waals surface area (Å²) in [5.74, 6) is -2.45. The molecular formula is C18H12N4O2S. The predicted octanol–water partition coefficient (Wildman–Crippen LogP) is 3.17. The molecule has 122 valence electrons. The molecule has 0 aliphatic heterocycles. The van der Waals surface area contributed by atoms with Crippen LogP contribution in [0.2, 0.25) is 0 Å². The number of thiazole rings is 1. The van der Waals surface area contributed by atoms with Gasteiger partial charge in [-0.15, -0.1) is 11.3 Å². The number of aromatic nitrogens is 2. The van der Waals surface area contributed by atoms with Gasteiger partial charge in [0.25, 0.3) is 5.91 Å². The average molecular weight is 348 g/mol. The number of amides is 1. The number of hydrogen-bond acceptors (Lipinski definition) is 6. The zero-order valence-corrected chi connectivity index (χ0v) is 13.7. The van der Waals surface area contributed by atoms with Gasteiger partial charge in [-0.2, -0.15) is 5.26 Å². The number of ketones is 1. The molecule has 0 fully saturated rings. The molecule has 1 aromatic carbocycles. The molecule has 2 heterocycles. The van der Waals surface area contributed by atoms with Gasteiger partial charge in [0.1, 0.15) is 10.8 Å². The van der Waals surface area contributed by atoms with Crippen LogP contribution in [0.1, 0.15) is 9.67 Å². The lowest BCUT2D eigenvalue weighted by Gasteiger charge is -2.07. The van der Waals surface area contributed by atoms with Gasteiger partial charge in [0.05, 0.1) is 10.9 Å². The van der Waals surface area contributed by atoms with Crippen LogP contribution in [0, 0.1) is 17.2 Å². The normalized spacial score (nSPS) is 11.3. The minimum atomic E-state index is -1.45. The van der Waals surface area contributed by atoms with Crippen molar-refractivity contribution in [1.82, 2.24) is 9.97 Å². The van der Waals surface area contributed by atoms with Crippen LogP contribution in [-0.2, 0) is 4.79 Å². The van der Waals surface area contributed by atoms with Crippen molar-refractivity contribution in [3.8, 4) is 16.6 Å². The van der Waals surface area contributed by atoms with Crippen LogP contribution in [0.5, 0.6) is 0 Å². The van der Waals surface area contributed by atoms with Gasteiger partial charge in [-0.05, 0) is 12.1 Å². The molecule has 0 spiro atoms. The lowest BCUT2D eigenvalue weighted by Crippen LogP contribution is -2.28. The van der Waals surface area contributed by atoms with E-state index in [1.54, 1.807) is 24.3 Å². The number of nitrogens with one attached hydrogen (secondary N) is 1. The molecule has 0 aliphatic carbocycles. The van der Waals surface area contributed by atoms with Crippen LogP contribution in [0.4, 0.5) is 5.82 Å². The van der Waals surface area contributed by atoms with Crippen molar-refractivity contribution >= 4 is 28.8 Å². The Balaban J connectivity index is 1.78. The maximum atomic E-state index is 12.5. The lowest BCUT2D eigenvalue weighted by molar-refractivity contribution is -0.117. The highest BCUT2D eigenvalue weighted by molar-refractivity contribution is 7.17. The number of pyridine rings is 1. The zero-order chi connectivity index (χ0) is 17.6. The van der Waals surface area contributed by atoms with Gasteiger partial charge in [-0.25, -0.2) is 9.97 Å². The second-order valence-electron chi connectivity index (χ2n) is 5.03. The maximum Gasteiger partial charge on any atom is 0.250 e. The molecule has 0 bridgehead atoms. The van der Waals surface area contributed by atoms with Crippen LogP contribution in [0.3, 0.4) is 0 Å². The third kappa shape index (κ3) is 3.76. The fraction of sp³-hybridized carbons (Fsp3) is 0.0556. The Morgan fingerprint density at radius 1 is 1.08 bits per heavy atom. The standard InChI is InChI=1S/C18H12N4O2S/c19-10-13(17(24)22-15-8-4-5-9-20-15)16(23)14-11-21-18(25-14)12-6-2-1-3-7-12/h1-9,11,13H,(H,20,22,24). The summed E-state index contributed by atoms with van der Waals surface area (Å²) in [5, 5.41) is 12.4. The third-order valence-corrected chi connectivity index (χ3v) is 4.40. The first-order chi connectivity index (χ1) is 12.2. The van der Waals surface area contributed by atoms with Crippen molar-refractivity contribution < 1.29 is 9.59 Å². The fourth-order valence-electron chi connectivity index (χ4n) is 2.12. The zero-order valence-electron chi connectivity index (χ0n) is 12.9. The smallest absolute Gasteiger partial charge is 0.250 e. The highest BCUT2D eigenvalue weighted by atomic mass is 32.1. The van der Waals surface area contributed by atoms with Gasteiger partial charge in [0.2, 0.25) is 5.78 Å². The van der Waals surface area contributed by atoms with Crippen LogP contribution in [0.15, 0.2) is 60.9 Å². The summed E-state index contributed by atoms with van der Waals surface area (Å²) in [6.45, 7) is 0. The number of anilines is 1. The number of rotatable bonds is 5. The number of Topliss-reactive ketones (excluding diaryl/α,β-unsaturated/α-hetero) is 1. The van der Waals surface area contributed by atoms with E-state index in [2.05, 4.69) is 15.3 Å². The molecule has 3 aromatic rings. The van der Waals surface area contributed by atoms with E-state index in [1.165, 1.54) is 12.4 Å². The van der Waals surface area contributed by atoms with E-state index < -0.39 is 17.6 Å². The number of nitriles is 1.